The second kappa shape index (κ2) is 3.88. The van der Waals surface area contributed by atoms with Gasteiger partial charge in [-0.3, -0.25) is 0 Å². The molecule has 4 heteroatoms. The summed E-state index contributed by atoms with van der Waals surface area (Å²) in [7, 11) is 0. The molecule has 0 aromatic rings. The minimum absolute atomic E-state index is 0.404. The predicted molar refractivity (Wildman–Crippen MR) is 37.4 cm³/mol. The van der Waals surface area contributed by atoms with Crippen molar-refractivity contribution in [1.82, 2.24) is 0 Å². The van der Waals surface area contributed by atoms with Crippen LogP contribution in [0.1, 0.15) is 13.3 Å². The van der Waals surface area contributed by atoms with E-state index in [1.54, 1.807) is 6.92 Å². The lowest BCUT2D eigenvalue weighted by molar-refractivity contribution is 0.00617. The van der Waals surface area contributed by atoms with Crippen molar-refractivity contribution in [3.05, 3.63) is 0 Å². The van der Waals surface area contributed by atoms with E-state index < -0.39 is 24.9 Å². The monoisotopic (exact) mass is 149 g/mol. The van der Waals surface area contributed by atoms with E-state index in [9.17, 15) is 0 Å². The number of aliphatic hydroxyl groups excluding tert-OH is 3. The molecule has 0 amide bonds. The van der Waals surface area contributed by atoms with Gasteiger partial charge in [-0.2, -0.15) is 0 Å². The largest absolute Gasteiger partial charge is 0.394 e. The number of nitrogens with two attached hydrogens (primary N) is 1. The molecule has 62 valence electrons. The van der Waals surface area contributed by atoms with E-state index in [1.165, 1.54) is 0 Å². The molecule has 0 radical (unpaired) electrons. The van der Waals surface area contributed by atoms with Crippen molar-refractivity contribution in [1.29, 1.82) is 0 Å². The third-order valence-electron chi connectivity index (χ3n) is 1.64. The van der Waals surface area contributed by atoms with Crippen molar-refractivity contribution in [3.63, 3.8) is 0 Å². The Balaban J connectivity index is 4.02. The van der Waals surface area contributed by atoms with Crippen LogP contribution in [0.3, 0.4) is 0 Å². The third kappa shape index (κ3) is 1.91. The van der Waals surface area contributed by atoms with E-state index in [0.717, 1.165) is 0 Å². The third-order valence-corrected chi connectivity index (χ3v) is 1.64. The van der Waals surface area contributed by atoms with Crippen LogP contribution in [0.2, 0.25) is 0 Å². The first-order valence-corrected chi connectivity index (χ1v) is 3.29. The molecule has 0 fully saturated rings. The number of hydrogen-bond donors (Lipinski definition) is 4. The fourth-order valence-electron chi connectivity index (χ4n) is 0.667. The second-order valence-corrected chi connectivity index (χ2v) is 2.47. The summed E-state index contributed by atoms with van der Waals surface area (Å²) in [6.45, 7) is 0.925. The number of hydrogen-bond acceptors (Lipinski definition) is 4. The first-order chi connectivity index (χ1) is 4.60. The highest BCUT2D eigenvalue weighted by molar-refractivity contribution is 4.89. The molecule has 0 bridgehead atoms. The van der Waals surface area contributed by atoms with Crippen LogP contribution in [0, 0.1) is 0 Å². The molecule has 0 saturated carbocycles. The Labute approximate surface area is 60.3 Å². The van der Waals surface area contributed by atoms with Crippen molar-refractivity contribution < 1.29 is 15.3 Å². The van der Waals surface area contributed by atoms with Crippen LogP contribution in [0.4, 0.5) is 0 Å². The van der Waals surface area contributed by atoms with Crippen LogP contribution in [0.5, 0.6) is 0 Å². The molecule has 0 aliphatic rings. The Morgan fingerprint density at radius 2 is 1.80 bits per heavy atom. The van der Waals surface area contributed by atoms with E-state index in [1.807, 2.05) is 0 Å². The van der Waals surface area contributed by atoms with Gasteiger partial charge in [0.25, 0.3) is 0 Å². The van der Waals surface area contributed by atoms with E-state index in [2.05, 4.69) is 0 Å². The molecular weight excluding hydrogens is 134 g/mol. The quantitative estimate of drug-likeness (QED) is 0.389. The van der Waals surface area contributed by atoms with Gasteiger partial charge >= 0.3 is 0 Å². The summed E-state index contributed by atoms with van der Waals surface area (Å²) < 4.78 is 0. The summed E-state index contributed by atoms with van der Waals surface area (Å²) >= 11 is 0. The lowest BCUT2D eigenvalue weighted by Crippen LogP contribution is -2.56. The van der Waals surface area contributed by atoms with E-state index in [-0.39, 0.29) is 0 Å². The highest BCUT2D eigenvalue weighted by atomic mass is 16.3. The molecule has 0 aromatic carbocycles. The van der Waals surface area contributed by atoms with Gasteiger partial charge in [-0.05, 0) is 6.42 Å². The molecule has 4 nitrogen and oxygen atoms in total. The van der Waals surface area contributed by atoms with Gasteiger partial charge in [0, 0.05) is 0 Å². The lowest BCUT2D eigenvalue weighted by atomic mass is 9.94. The van der Waals surface area contributed by atoms with Crippen LogP contribution in [0.25, 0.3) is 0 Å². The smallest absolute Gasteiger partial charge is 0.0885 e. The van der Waals surface area contributed by atoms with E-state index in [4.69, 9.17) is 21.1 Å². The molecular formula is C6H15NO3. The Morgan fingerprint density at radius 1 is 1.40 bits per heavy atom. The molecule has 1 atom stereocenters. The molecule has 0 aliphatic carbocycles. The average Bonchev–Trinajstić information content (AvgIpc) is 2.01. The lowest BCUT2D eigenvalue weighted by Gasteiger charge is -2.29. The molecule has 0 heterocycles. The Bertz CT molecular complexity index is 93.0. The normalized spacial score (nSPS) is 15.3. The minimum Gasteiger partial charge on any atom is -0.394 e. The highest BCUT2D eigenvalue weighted by Crippen LogP contribution is 2.08. The second-order valence-electron chi connectivity index (χ2n) is 2.47. The van der Waals surface area contributed by atoms with Gasteiger partial charge in [0.2, 0.25) is 0 Å². The van der Waals surface area contributed by atoms with E-state index in [0.29, 0.717) is 6.42 Å². The molecule has 5 N–H and O–H groups in total. The SMILES string of the molecule is CCC(O)C(N)(CO)CO. The first kappa shape index (κ1) is 9.84. The van der Waals surface area contributed by atoms with E-state index >= 15 is 0 Å². The summed E-state index contributed by atoms with van der Waals surface area (Å²) in [5.41, 5.74) is 4.16. The summed E-state index contributed by atoms with van der Waals surface area (Å²) in [5, 5.41) is 26.4. The first-order valence-electron chi connectivity index (χ1n) is 3.29. The van der Waals surface area contributed by atoms with Gasteiger partial charge in [0.05, 0.1) is 24.9 Å². The van der Waals surface area contributed by atoms with Crippen molar-refractivity contribution >= 4 is 0 Å². The fraction of sp³-hybridized carbons (Fsp3) is 1.00. The fourth-order valence-corrected chi connectivity index (χ4v) is 0.667. The van der Waals surface area contributed by atoms with Crippen LogP contribution in [0.15, 0.2) is 0 Å². The van der Waals surface area contributed by atoms with Crippen LogP contribution in [-0.2, 0) is 0 Å². The van der Waals surface area contributed by atoms with Crippen molar-refractivity contribution in [2.24, 2.45) is 5.73 Å². The van der Waals surface area contributed by atoms with Gasteiger partial charge in [-0.25, -0.2) is 0 Å². The van der Waals surface area contributed by atoms with Crippen LogP contribution >= 0.6 is 0 Å². The predicted octanol–water partition coefficient (Wildman–Crippen LogP) is -1.56. The van der Waals surface area contributed by atoms with Gasteiger partial charge in [-0.15, -0.1) is 0 Å². The van der Waals surface area contributed by atoms with Gasteiger partial charge in [0.15, 0.2) is 0 Å². The molecule has 0 aromatic heterocycles. The van der Waals surface area contributed by atoms with Crippen molar-refractivity contribution in [3.8, 4) is 0 Å². The van der Waals surface area contributed by atoms with Crippen molar-refractivity contribution in [2.45, 2.75) is 25.0 Å². The van der Waals surface area contributed by atoms with Gasteiger partial charge in [-0.1, -0.05) is 6.92 Å². The summed E-state index contributed by atoms with van der Waals surface area (Å²) in [4.78, 5) is 0. The summed E-state index contributed by atoms with van der Waals surface area (Å²) in [5.74, 6) is 0. The van der Waals surface area contributed by atoms with Crippen LogP contribution < -0.4 is 5.73 Å². The maximum Gasteiger partial charge on any atom is 0.0885 e. The average molecular weight is 149 g/mol. The number of rotatable bonds is 4. The summed E-state index contributed by atoms with van der Waals surface area (Å²) in [6.07, 6.45) is -0.417. The Morgan fingerprint density at radius 3 is 1.90 bits per heavy atom. The zero-order chi connectivity index (χ0) is 8.20. The molecule has 0 aliphatic heterocycles. The van der Waals surface area contributed by atoms with Crippen LogP contribution in [-0.4, -0.2) is 40.2 Å². The molecule has 0 saturated heterocycles. The maximum atomic E-state index is 9.13. The Hall–Kier alpha value is -0.160. The highest BCUT2D eigenvalue weighted by Gasteiger charge is 2.30. The van der Waals surface area contributed by atoms with Gasteiger partial charge in [0.1, 0.15) is 0 Å². The molecule has 1 unspecified atom stereocenters. The topological polar surface area (TPSA) is 86.7 Å². The van der Waals surface area contributed by atoms with Gasteiger partial charge < -0.3 is 21.1 Å². The van der Waals surface area contributed by atoms with Crippen molar-refractivity contribution in [2.75, 3.05) is 13.2 Å². The standard InChI is InChI=1S/C6H15NO3/c1-2-5(10)6(7,3-8)4-9/h5,8-10H,2-4,7H2,1H3. The molecule has 0 spiro atoms. The summed E-state index contributed by atoms with van der Waals surface area (Å²) in [6, 6.07) is 0. The molecule has 10 heavy (non-hydrogen) atoms. The number of aliphatic hydroxyl groups is 3. The minimum atomic E-state index is -1.24. The maximum absolute atomic E-state index is 9.13. The zero-order valence-electron chi connectivity index (χ0n) is 6.12. The zero-order valence-corrected chi connectivity index (χ0v) is 6.12. The Kier molecular flexibility index (Phi) is 3.81. The molecule has 0 rings (SSSR count).